The van der Waals surface area contributed by atoms with Gasteiger partial charge in [0.2, 0.25) is 6.79 Å². The van der Waals surface area contributed by atoms with Gasteiger partial charge in [0.15, 0.2) is 11.5 Å². The largest absolute Gasteiger partial charge is 0.478 e. The van der Waals surface area contributed by atoms with Gasteiger partial charge in [0, 0.05) is 18.0 Å². The minimum absolute atomic E-state index is 0.249. The maximum atomic E-state index is 11.3. The van der Waals surface area contributed by atoms with Crippen molar-refractivity contribution in [2.45, 2.75) is 6.54 Å². The fraction of sp³-hybridized carbons (Fsp3) is 0.188. The molecule has 1 aromatic carbocycles. The molecule has 0 unspecified atom stereocenters. The lowest BCUT2D eigenvalue weighted by molar-refractivity contribution is -0.132. The Morgan fingerprint density at radius 1 is 1.32 bits per heavy atom. The standard InChI is InChI=1S/C16H15NO4S/c18-16(19)12(7-13-2-1-5-22-13)9-17-8-11-3-4-14-15(6-11)21-10-20-14/h1-7,17H,8-10H2,(H,18,19)/b12-7+. The van der Waals surface area contributed by atoms with Gasteiger partial charge in [-0.2, -0.15) is 0 Å². The number of nitrogens with one attached hydrogen (secondary N) is 1. The molecule has 0 bridgehead atoms. The van der Waals surface area contributed by atoms with Crippen LogP contribution in [0.25, 0.3) is 6.08 Å². The van der Waals surface area contributed by atoms with Crippen LogP contribution < -0.4 is 14.8 Å². The van der Waals surface area contributed by atoms with Crippen LogP contribution in [0.5, 0.6) is 11.5 Å². The third-order valence-corrected chi connectivity index (χ3v) is 4.04. The van der Waals surface area contributed by atoms with Crippen molar-refractivity contribution in [1.82, 2.24) is 5.32 Å². The van der Waals surface area contributed by atoms with Crippen molar-refractivity contribution in [2.24, 2.45) is 0 Å². The third-order valence-electron chi connectivity index (χ3n) is 3.22. The minimum atomic E-state index is -0.911. The summed E-state index contributed by atoms with van der Waals surface area (Å²) in [7, 11) is 0. The molecule has 0 amide bonds. The summed E-state index contributed by atoms with van der Waals surface area (Å²) in [5.41, 5.74) is 1.35. The van der Waals surface area contributed by atoms with E-state index < -0.39 is 5.97 Å². The summed E-state index contributed by atoms with van der Waals surface area (Å²) in [5.74, 6) is 0.561. The number of carboxylic acids is 1. The van der Waals surface area contributed by atoms with E-state index in [9.17, 15) is 9.90 Å². The number of hydrogen-bond acceptors (Lipinski definition) is 5. The molecule has 0 atom stereocenters. The lowest BCUT2D eigenvalue weighted by atomic mass is 10.2. The third kappa shape index (κ3) is 3.47. The topological polar surface area (TPSA) is 67.8 Å². The Balaban J connectivity index is 1.60. The first-order valence-corrected chi connectivity index (χ1v) is 7.67. The average Bonchev–Trinajstić information content (AvgIpc) is 3.16. The van der Waals surface area contributed by atoms with Crippen molar-refractivity contribution in [1.29, 1.82) is 0 Å². The first-order valence-electron chi connectivity index (χ1n) is 6.79. The smallest absolute Gasteiger partial charge is 0.332 e. The van der Waals surface area contributed by atoms with Crippen LogP contribution in [0.15, 0.2) is 41.3 Å². The van der Waals surface area contributed by atoms with E-state index in [1.807, 2.05) is 35.7 Å². The monoisotopic (exact) mass is 317 g/mol. The number of aliphatic carboxylic acids is 1. The molecule has 1 aliphatic heterocycles. The van der Waals surface area contributed by atoms with Gasteiger partial charge in [-0.15, -0.1) is 11.3 Å². The molecule has 0 radical (unpaired) electrons. The van der Waals surface area contributed by atoms with Crippen molar-refractivity contribution in [2.75, 3.05) is 13.3 Å². The molecule has 1 aromatic heterocycles. The Morgan fingerprint density at radius 2 is 2.18 bits per heavy atom. The number of carboxylic acid groups (broad SMARTS) is 1. The Bertz CT molecular complexity index is 694. The maximum absolute atomic E-state index is 11.3. The molecule has 2 heterocycles. The first-order chi connectivity index (χ1) is 10.7. The van der Waals surface area contributed by atoms with Gasteiger partial charge in [-0.25, -0.2) is 4.79 Å². The van der Waals surface area contributed by atoms with Crippen LogP contribution in [0.4, 0.5) is 0 Å². The Labute approximate surface area is 131 Å². The molecule has 5 nitrogen and oxygen atoms in total. The summed E-state index contributed by atoms with van der Waals surface area (Å²) in [6.07, 6.45) is 1.69. The fourth-order valence-corrected chi connectivity index (χ4v) is 2.81. The zero-order valence-electron chi connectivity index (χ0n) is 11.7. The molecule has 1 aliphatic rings. The van der Waals surface area contributed by atoms with Crippen molar-refractivity contribution < 1.29 is 19.4 Å². The highest BCUT2D eigenvalue weighted by Crippen LogP contribution is 2.32. The molecule has 0 fully saturated rings. The normalized spacial score (nSPS) is 13.4. The zero-order chi connectivity index (χ0) is 15.4. The second-order valence-corrected chi connectivity index (χ2v) is 5.76. The molecule has 0 spiro atoms. The van der Waals surface area contributed by atoms with Crippen molar-refractivity contribution in [3.63, 3.8) is 0 Å². The molecule has 22 heavy (non-hydrogen) atoms. The summed E-state index contributed by atoms with van der Waals surface area (Å²) in [5, 5.41) is 14.3. The van der Waals surface area contributed by atoms with Gasteiger partial charge in [-0.1, -0.05) is 12.1 Å². The van der Waals surface area contributed by atoms with Gasteiger partial charge in [-0.05, 0) is 35.2 Å². The lowest BCUT2D eigenvalue weighted by Gasteiger charge is -2.06. The molecular formula is C16H15NO4S. The molecule has 0 saturated heterocycles. The van der Waals surface area contributed by atoms with Gasteiger partial charge in [-0.3, -0.25) is 0 Å². The van der Waals surface area contributed by atoms with E-state index in [-0.39, 0.29) is 6.79 Å². The molecule has 114 valence electrons. The summed E-state index contributed by atoms with van der Waals surface area (Å²) < 4.78 is 10.6. The highest BCUT2D eigenvalue weighted by molar-refractivity contribution is 7.10. The van der Waals surface area contributed by atoms with E-state index in [0.717, 1.165) is 21.9 Å². The molecule has 0 saturated carbocycles. The summed E-state index contributed by atoms with van der Waals surface area (Å²) >= 11 is 1.51. The Morgan fingerprint density at radius 3 is 2.95 bits per heavy atom. The van der Waals surface area contributed by atoms with Gasteiger partial charge in [0.25, 0.3) is 0 Å². The summed E-state index contributed by atoms with van der Waals surface area (Å²) in [4.78, 5) is 12.2. The quantitative estimate of drug-likeness (QED) is 0.802. The number of fused-ring (bicyclic) bond motifs is 1. The number of hydrogen-bond donors (Lipinski definition) is 2. The molecule has 0 aliphatic carbocycles. The van der Waals surface area contributed by atoms with Crippen molar-refractivity contribution in [3.8, 4) is 11.5 Å². The molecule has 2 aromatic rings. The lowest BCUT2D eigenvalue weighted by Crippen LogP contribution is -2.20. The van der Waals surface area contributed by atoms with Crippen LogP contribution >= 0.6 is 11.3 Å². The van der Waals surface area contributed by atoms with E-state index in [2.05, 4.69) is 5.32 Å². The highest BCUT2D eigenvalue weighted by Gasteiger charge is 2.13. The van der Waals surface area contributed by atoms with Crippen LogP contribution in [0, 0.1) is 0 Å². The average molecular weight is 317 g/mol. The number of benzene rings is 1. The Kier molecular flexibility index (Phi) is 4.41. The van der Waals surface area contributed by atoms with Crippen LogP contribution in [0.2, 0.25) is 0 Å². The maximum Gasteiger partial charge on any atom is 0.332 e. The van der Waals surface area contributed by atoms with Gasteiger partial charge < -0.3 is 19.9 Å². The van der Waals surface area contributed by atoms with Gasteiger partial charge in [0.05, 0.1) is 5.57 Å². The molecule has 6 heteroatoms. The molecule has 2 N–H and O–H groups in total. The fourth-order valence-electron chi connectivity index (χ4n) is 2.13. The second-order valence-electron chi connectivity index (χ2n) is 4.78. The van der Waals surface area contributed by atoms with Gasteiger partial charge >= 0.3 is 5.97 Å². The van der Waals surface area contributed by atoms with Gasteiger partial charge in [0.1, 0.15) is 0 Å². The number of rotatable bonds is 6. The van der Waals surface area contributed by atoms with E-state index in [0.29, 0.717) is 18.7 Å². The van der Waals surface area contributed by atoms with E-state index in [1.165, 1.54) is 11.3 Å². The van der Waals surface area contributed by atoms with Crippen molar-refractivity contribution in [3.05, 3.63) is 51.7 Å². The SMILES string of the molecule is O=C(O)/C(=C/c1cccs1)CNCc1ccc2c(c1)OCO2. The van der Waals surface area contributed by atoms with Crippen molar-refractivity contribution >= 4 is 23.4 Å². The number of carbonyl (C=O) groups is 1. The zero-order valence-corrected chi connectivity index (χ0v) is 12.6. The van der Waals surface area contributed by atoms with Crippen LogP contribution in [-0.2, 0) is 11.3 Å². The first kappa shape index (κ1) is 14.6. The summed E-state index contributed by atoms with van der Waals surface area (Å²) in [6, 6.07) is 9.49. The Hall–Kier alpha value is -2.31. The van der Waals surface area contributed by atoms with Crippen LogP contribution in [0.1, 0.15) is 10.4 Å². The molecule has 3 rings (SSSR count). The van der Waals surface area contributed by atoms with E-state index in [4.69, 9.17) is 9.47 Å². The summed E-state index contributed by atoms with van der Waals surface area (Å²) in [6.45, 7) is 1.10. The molecular weight excluding hydrogens is 302 g/mol. The number of ether oxygens (including phenoxy) is 2. The minimum Gasteiger partial charge on any atom is -0.478 e. The predicted molar refractivity (Wildman–Crippen MR) is 84.2 cm³/mol. The number of thiophene rings is 1. The highest BCUT2D eigenvalue weighted by atomic mass is 32.1. The van der Waals surface area contributed by atoms with Crippen LogP contribution in [-0.4, -0.2) is 24.4 Å². The predicted octanol–water partition coefficient (Wildman–Crippen LogP) is 2.73. The second kappa shape index (κ2) is 6.64. The van der Waals surface area contributed by atoms with E-state index in [1.54, 1.807) is 6.08 Å². The van der Waals surface area contributed by atoms with E-state index >= 15 is 0 Å². The van der Waals surface area contributed by atoms with Crippen LogP contribution in [0.3, 0.4) is 0 Å².